The molecular weight excluding hydrogens is 310 g/mol. The Morgan fingerprint density at radius 2 is 1.88 bits per heavy atom. The Kier molecular flexibility index (Phi) is 6.19. The minimum absolute atomic E-state index is 0.286. The zero-order valence-corrected chi connectivity index (χ0v) is 13.6. The number of amides is 1. The molecular formula is C18H19NO5. The molecule has 0 saturated heterocycles. The van der Waals surface area contributed by atoms with Crippen LogP contribution in [0.15, 0.2) is 48.5 Å². The van der Waals surface area contributed by atoms with Crippen LogP contribution < -0.4 is 14.8 Å². The summed E-state index contributed by atoms with van der Waals surface area (Å²) >= 11 is 0. The predicted molar refractivity (Wildman–Crippen MR) is 89.5 cm³/mol. The monoisotopic (exact) mass is 329 g/mol. The van der Waals surface area contributed by atoms with E-state index in [1.54, 1.807) is 55.6 Å². The highest BCUT2D eigenvalue weighted by Gasteiger charge is 2.15. The summed E-state index contributed by atoms with van der Waals surface area (Å²) in [4.78, 5) is 24.0. The van der Waals surface area contributed by atoms with E-state index < -0.39 is 18.5 Å². The van der Waals surface area contributed by atoms with Gasteiger partial charge in [-0.25, -0.2) is 4.79 Å². The quantitative estimate of drug-likeness (QED) is 0.791. The molecule has 0 bridgehead atoms. The van der Waals surface area contributed by atoms with Crippen molar-refractivity contribution >= 4 is 17.6 Å². The molecule has 0 aliphatic heterocycles. The average Bonchev–Trinajstić information content (AvgIpc) is 2.60. The van der Waals surface area contributed by atoms with Crippen LogP contribution >= 0.6 is 0 Å². The lowest BCUT2D eigenvalue weighted by Crippen LogP contribution is -2.21. The Balaban J connectivity index is 1.92. The number of ether oxygens (including phenoxy) is 3. The fourth-order valence-corrected chi connectivity index (χ4v) is 2.02. The third-order valence-corrected chi connectivity index (χ3v) is 3.09. The van der Waals surface area contributed by atoms with Gasteiger partial charge in [-0.05, 0) is 31.2 Å². The molecule has 0 unspecified atom stereocenters. The number of esters is 1. The van der Waals surface area contributed by atoms with Crippen LogP contribution in [0.25, 0.3) is 0 Å². The van der Waals surface area contributed by atoms with Crippen molar-refractivity contribution in [2.45, 2.75) is 6.92 Å². The fourth-order valence-electron chi connectivity index (χ4n) is 2.02. The summed E-state index contributed by atoms with van der Waals surface area (Å²) in [7, 11) is 1.54. The summed E-state index contributed by atoms with van der Waals surface area (Å²) in [5.74, 6) is -0.000947. The molecule has 1 N–H and O–H groups in total. The first-order valence-electron chi connectivity index (χ1n) is 7.47. The van der Waals surface area contributed by atoms with Gasteiger partial charge >= 0.3 is 5.97 Å². The van der Waals surface area contributed by atoms with Crippen LogP contribution in [0, 0.1) is 0 Å². The number of para-hydroxylation sites is 1. The molecule has 6 nitrogen and oxygen atoms in total. The first-order chi connectivity index (χ1) is 11.6. The van der Waals surface area contributed by atoms with E-state index in [0.29, 0.717) is 23.8 Å². The Hall–Kier alpha value is -3.02. The van der Waals surface area contributed by atoms with Crippen molar-refractivity contribution in [3.05, 3.63) is 54.1 Å². The zero-order chi connectivity index (χ0) is 17.4. The normalized spacial score (nSPS) is 9.92. The van der Waals surface area contributed by atoms with E-state index in [2.05, 4.69) is 5.32 Å². The topological polar surface area (TPSA) is 73.9 Å². The lowest BCUT2D eigenvalue weighted by atomic mass is 10.2. The van der Waals surface area contributed by atoms with Crippen LogP contribution in [0.2, 0.25) is 0 Å². The maximum Gasteiger partial charge on any atom is 0.342 e. The van der Waals surface area contributed by atoms with Crippen molar-refractivity contribution in [2.24, 2.45) is 0 Å². The molecule has 0 radical (unpaired) electrons. The van der Waals surface area contributed by atoms with E-state index >= 15 is 0 Å². The summed E-state index contributed by atoms with van der Waals surface area (Å²) in [5, 5.41) is 2.64. The molecule has 0 fully saturated rings. The summed E-state index contributed by atoms with van der Waals surface area (Å²) < 4.78 is 15.5. The third-order valence-electron chi connectivity index (χ3n) is 3.09. The van der Waals surface area contributed by atoms with Gasteiger partial charge in [0.25, 0.3) is 5.91 Å². The largest absolute Gasteiger partial charge is 0.497 e. The van der Waals surface area contributed by atoms with Gasteiger partial charge in [0.05, 0.1) is 13.7 Å². The summed E-state index contributed by atoms with van der Waals surface area (Å²) in [6.45, 7) is 1.86. The van der Waals surface area contributed by atoms with Crippen LogP contribution in [-0.4, -0.2) is 32.2 Å². The molecule has 1 amide bonds. The number of rotatable bonds is 7. The molecule has 0 aromatic heterocycles. The second kappa shape index (κ2) is 8.57. The number of carbonyl (C=O) groups excluding carboxylic acids is 2. The van der Waals surface area contributed by atoms with Crippen molar-refractivity contribution in [2.75, 3.05) is 25.6 Å². The highest BCUT2D eigenvalue weighted by atomic mass is 16.5. The number of hydrogen-bond donors (Lipinski definition) is 1. The third kappa shape index (κ3) is 4.74. The molecule has 0 aliphatic rings. The Bertz CT molecular complexity index is 714. The maximum absolute atomic E-state index is 12.1. The van der Waals surface area contributed by atoms with Gasteiger partial charge in [0.1, 0.15) is 17.1 Å². The molecule has 126 valence electrons. The lowest BCUT2D eigenvalue weighted by molar-refractivity contribution is -0.119. The second-order valence-corrected chi connectivity index (χ2v) is 4.79. The van der Waals surface area contributed by atoms with E-state index in [-0.39, 0.29) is 5.56 Å². The minimum atomic E-state index is -0.611. The summed E-state index contributed by atoms with van der Waals surface area (Å²) in [6, 6.07) is 13.6. The number of benzene rings is 2. The predicted octanol–water partition coefficient (Wildman–Crippen LogP) is 2.89. The zero-order valence-electron chi connectivity index (χ0n) is 13.6. The molecule has 2 aromatic carbocycles. The highest BCUT2D eigenvalue weighted by molar-refractivity contribution is 5.96. The molecule has 2 rings (SSSR count). The van der Waals surface area contributed by atoms with Gasteiger partial charge in [-0.15, -0.1) is 0 Å². The standard InChI is InChI=1S/C18H19NO5/c1-3-23-16-10-5-4-9-15(16)18(21)24-12-17(20)19-13-7-6-8-14(11-13)22-2/h4-11H,3,12H2,1-2H3,(H,19,20). The highest BCUT2D eigenvalue weighted by Crippen LogP contribution is 2.19. The van der Waals surface area contributed by atoms with Crippen LogP contribution in [-0.2, 0) is 9.53 Å². The molecule has 24 heavy (non-hydrogen) atoms. The molecule has 0 heterocycles. The van der Waals surface area contributed by atoms with Gasteiger partial charge in [-0.1, -0.05) is 18.2 Å². The van der Waals surface area contributed by atoms with Crippen LogP contribution in [0.5, 0.6) is 11.5 Å². The van der Waals surface area contributed by atoms with Crippen LogP contribution in [0.1, 0.15) is 17.3 Å². The second-order valence-electron chi connectivity index (χ2n) is 4.79. The summed E-state index contributed by atoms with van der Waals surface area (Å²) in [6.07, 6.45) is 0. The maximum atomic E-state index is 12.1. The molecule has 2 aromatic rings. The van der Waals surface area contributed by atoms with E-state index in [0.717, 1.165) is 0 Å². The smallest absolute Gasteiger partial charge is 0.342 e. The lowest BCUT2D eigenvalue weighted by Gasteiger charge is -2.10. The van der Waals surface area contributed by atoms with Gasteiger partial charge in [-0.2, -0.15) is 0 Å². The van der Waals surface area contributed by atoms with Gasteiger partial charge in [0.15, 0.2) is 6.61 Å². The first kappa shape index (κ1) is 17.3. The summed E-state index contributed by atoms with van der Waals surface area (Å²) in [5.41, 5.74) is 0.846. The molecule has 0 spiro atoms. The van der Waals surface area contributed by atoms with E-state index in [4.69, 9.17) is 14.2 Å². The number of methoxy groups -OCH3 is 1. The molecule has 0 aliphatic carbocycles. The number of anilines is 1. The van der Waals surface area contributed by atoms with E-state index in [1.165, 1.54) is 0 Å². The number of carbonyl (C=O) groups is 2. The SMILES string of the molecule is CCOc1ccccc1C(=O)OCC(=O)Nc1cccc(OC)c1. The van der Waals surface area contributed by atoms with Gasteiger partial charge in [0, 0.05) is 11.8 Å². The Labute approximate surface area is 140 Å². The Morgan fingerprint density at radius 1 is 1.08 bits per heavy atom. The van der Waals surface area contributed by atoms with Gasteiger partial charge < -0.3 is 19.5 Å². The molecule has 6 heteroatoms. The molecule has 0 saturated carbocycles. The Morgan fingerprint density at radius 3 is 2.62 bits per heavy atom. The van der Waals surface area contributed by atoms with E-state index in [1.807, 2.05) is 6.92 Å². The number of hydrogen-bond acceptors (Lipinski definition) is 5. The van der Waals surface area contributed by atoms with E-state index in [9.17, 15) is 9.59 Å². The minimum Gasteiger partial charge on any atom is -0.497 e. The van der Waals surface area contributed by atoms with Crippen molar-refractivity contribution in [1.82, 2.24) is 0 Å². The van der Waals surface area contributed by atoms with Crippen molar-refractivity contribution in [1.29, 1.82) is 0 Å². The van der Waals surface area contributed by atoms with Gasteiger partial charge in [-0.3, -0.25) is 4.79 Å². The fraction of sp³-hybridized carbons (Fsp3) is 0.222. The van der Waals surface area contributed by atoms with Gasteiger partial charge in [0.2, 0.25) is 0 Å². The average molecular weight is 329 g/mol. The first-order valence-corrected chi connectivity index (χ1v) is 7.47. The van der Waals surface area contributed by atoms with Crippen molar-refractivity contribution in [3.63, 3.8) is 0 Å². The van der Waals surface area contributed by atoms with Crippen LogP contribution in [0.3, 0.4) is 0 Å². The van der Waals surface area contributed by atoms with Crippen molar-refractivity contribution in [3.8, 4) is 11.5 Å². The number of nitrogens with one attached hydrogen (secondary N) is 1. The van der Waals surface area contributed by atoms with Crippen LogP contribution in [0.4, 0.5) is 5.69 Å². The van der Waals surface area contributed by atoms with Crippen molar-refractivity contribution < 1.29 is 23.8 Å². The molecule has 0 atom stereocenters.